The number of aromatic nitrogens is 3. The third kappa shape index (κ3) is 3.14. The molecule has 0 fully saturated rings. The minimum atomic E-state index is -0.482. The number of fused-ring (bicyclic) bond motifs is 1. The maximum Gasteiger partial charge on any atom is 0.164 e. The van der Waals surface area contributed by atoms with Crippen molar-refractivity contribution < 1.29 is 5.11 Å². The van der Waals surface area contributed by atoms with Gasteiger partial charge in [0.15, 0.2) is 5.65 Å². The maximum atomic E-state index is 10.1. The summed E-state index contributed by atoms with van der Waals surface area (Å²) in [5.41, 5.74) is 1.59. The van der Waals surface area contributed by atoms with Crippen molar-refractivity contribution in [1.82, 2.24) is 15.0 Å². The van der Waals surface area contributed by atoms with Crippen LogP contribution in [0, 0.1) is 0 Å². The molecule has 106 valence electrons. The number of hydrogen-bond donors (Lipinski definition) is 2. The van der Waals surface area contributed by atoms with E-state index in [-0.39, 0.29) is 0 Å². The fraction of sp³-hybridized carbons (Fsp3) is 0.188. The summed E-state index contributed by atoms with van der Waals surface area (Å²) in [6, 6.07) is 13.4. The van der Waals surface area contributed by atoms with Crippen LogP contribution in [0.2, 0.25) is 0 Å². The van der Waals surface area contributed by atoms with Crippen molar-refractivity contribution in [2.45, 2.75) is 12.5 Å². The molecule has 5 heteroatoms. The normalized spacial score (nSPS) is 12.2. The zero-order chi connectivity index (χ0) is 14.5. The van der Waals surface area contributed by atoms with E-state index in [2.05, 4.69) is 20.3 Å². The van der Waals surface area contributed by atoms with Gasteiger partial charge in [0.1, 0.15) is 12.1 Å². The lowest BCUT2D eigenvalue weighted by atomic mass is 10.1. The Morgan fingerprint density at radius 3 is 2.71 bits per heavy atom. The summed E-state index contributed by atoms with van der Waals surface area (Å²) in [6.45, 7) is 0.622. The highest BCUT2D eigenvalue weighted by Gasteiger charge is 2.08. The van der Waals surface area contributed by atoms with Crippen molar-refractivity contribution in [3.8, 4) is 0 Å². The predicted molar refractivity (Wildman–Crippen MR) is 81.8 cm³/mol. The highest BCUT2D eigenvalue weighted by atomic mass is 16.3. The Balaban J connectivity index is 1.65. The van der Waals surface area contributed by atoms with Gasteiger partial charge < -0.3 is 10.4 Å². The molecule has 3 rings (SSSR count). The van der Waals surface area contributed by atoms with E-state index in [0.29, 0.717) is 18.6 Å². The number of aliphatic hydroxyl groups is 1. The summed E-state index contributed by atoms with van der Waals surface area (Å²) < 4.78 is 0. The van der Waals surface area contributed by atoms with Gasteiger partial charge in [-0.25, -0.2) is 15.0 Å². The van der Waals surface area contributed by atoms with Crippen LogP contribution >= 0.6 is 0 Å². The topological polar surface area (TPSA) is 70.9 Å². The van der Waals surface area contributed by atoms with E-state index >= 15 is 0 Å². The van der Waals surface area contributed by atoms with Gasteiger partial charge in [0.05, 0.1) is 11.5 Å². The molecular weight excluding hydrogens is 264 g/mol. The average Bonchev–Trinajstić information content (AvgIpc) is 2.56. The number of rotatable bonds is 5. The van der Waals surface area contributed by atoms with Crippen LogP contribution in [-0.2, 0) is 0 Å². The molecule has 1 aromatic carbocycles. The summed E-state index contributed by atoms with van der Waals surface area (Å²) in [6.07, 6.45) is 3.32. The molecule has 2 N–H and O–H groups in total. The molecule has 21 heavy (non-hydrogen) atoms. The highest BCUT2D eigenvalue weighted by Crippen LogP contribution is 2.19. The molecular formula is C16H16N4O. The molecule has 1 unspecified atom stereocenters. The first-order valence-corrected chi connectivity index (χ1v) is 6.87. The zero-order valence-corrected chi connectivity index (χ0v) is 11.5. The Kier molecular flexibility index (Phi) is 4.02. The first-order valence-electron chi connectivity index (χ1n) is 6.87. The SMILES string of the molecule is OC(CCNc1ncnc2ncccc12)c1ccccc1. The fourth-order valence-electron chi connectivity index (χ4n) is 2.21. The summed E-state index contributed by atoms with van der Waals surface area (Å²) in [5, 5.41) is 14.2. The quantitative estimate of drug-likeness (QED) is 0.751. The van der Waals surface area contributed by atoms with Crippen molar-refractivity contribution in [2.75, 3.05) is 11.9 Å². The van der Waals surface area contributed by atoms with Crippen LogP contribution in [0.25, 0.3) is 11.0 Å². The molecule has 1 atom stereocenters. The van der Waals surface area contributed by atoms with Crippen LogP contribution in [0.4, 0.5) is 5.82 Å². The molecule has 2 heterocycles. The Morgan fingerprint density at radius 1 is 1.00 bits per heavy atom. The van der Waals surface area contributed by atoms with Crippen LogP contribution in [-0.4, -0.2) is 26.6 Å². The predicted octanol–water partition coefficient (Wildman–Crippen LogP) is 2.56. The molecule has 0 aliphatic carbocycles. The molecule has 0 amide bonds. The Morgan fingerprint density at radius 2 is 1.86 bits per heavy atom. The number of anilines is 1. The van der Waals surface area contributed by atoms with Gasteiger partial charge >= 0.3 is 0 Å². The largest absolute Gasteiger partial charge is 0.388 e. The Labute approximate surface area is 122 Å². The van der Waals surface area contributed by atoms with Crippen LogP contribution in [0.15, 0.2) is 55.0 Å². The van der Waals surface area contributed by atoms with Crippen LogP contribution in [0.5, 0.6) is 0 Å². The summed E-state index contributed by atoms with van der Waals surface area (Å²) in [5.74, 6) is 0.744. The van der Waals surface area contributed by atoms with E-state index in [0.717, 1.165) is 16.8 Å². The standard InChI is InChI=1S/C16H16N4O/c21-14(12-5-2-1-3-6-12)8-10-18-16-13-7-4-9-17-15(13)19-11-20-16/h1-7,9,11,14,21H,8,10H2,(H,17,18,19,20). The van der Waals surface area contributed by atoms with Crippen molar-refractivity contribution >= 4 is 16.9 Å². The molecule has 0 aliphatic heterocycles. The van der Waals surface area contributed by atoms with Gasteiger partial charge in [-0.15, -0.1) is 0 Å². The number of hydrogen-bond acceptors (Lipinski definition) is 5. The van der Waals surface area contributed by atoms with Gasteiger partial charge in [-0.1, -0.05) is 30.3 Å². The van der Waals surface area contributed by atoms with Gasteiger partial charge in [-0.3, -0.25) is 0 Å². The van der Waals surface area contributed by atoms with Crippen molar-refractivity contribution in [2.24, 2.45) is 0 Å². The third-order valence-electron chi connectivity index (χ3n) is 3.30. The second kappa shape index (κ2) is 6.28. The minimum absolute atomic E-state index is 0.482. The Bertz CT molecular complexity index is 712. The number of benzene rings is 1. The van der Waals surface area contributed by atoms with Gasteiger partial charge in [-0.2, -0.15) is 0 Å². The lowest BCUT2D eigenvalue weighted by Gasteiger charge is -2.12. The first-order chi connectivity index (χ1) is 10.3. The molecule has 3 aromatic rings. The molecule has 0 saturated carbocycles. The van der Waals surface area contributed by atoms with Crippen molar-refractivity contribution in [1.29, 1.82) is 0 Å². The van der Waals surface area contributed by atoms with E-state index in [1.807, 2.05) is 42.5 Å². The molecule has 0 bridgehead atoms. The summed E-state index contributed by atoms with van der Waals surface area (Å²) in [7, 11) is 0. The number of aliphatic hydroxyl groups excluding tert-OH is 1. The van der Waals surface area contributed by atoms with Crippen LogP contribution in [0.3, 0.4) is 0 Å². The van der Waals surface area contributed by atoms with E-state index in [1.165, 1.54) is 6.33 Å². The second-order valence-corrected chi connectivity index (χ2v) is 4.74. The van der Waals surface area contributed by atoms with Gasteiger partial charge in [0.2, 0.25) is 0 Å². The number of nitrogens with one attached hydrogen (secondary N) is 1. The zero-order valence-electron chi connectivity index (χ0n) is 11.5. The maximum absolute atomic E-state index is 10.1. The first kappa shape index (κ1) is 13.5. The van der Waals surface area contributed by atoms with Gasteiger partial charge in [-0.05, 0) is 24.1 Å². The number of nitrogens with zero attached hydrogens (tertiary/aromatic N) is 3. The monoisotopic (exact) mass is 280 g/mol. The molecule has 0 aliphatic rings. The number of pyridine rings is 1. The van der Waals surface area contributed by atoms with Gasteiger partial charge in [0, 0.05) is 12.7 Å². The van der Waals surface area contributed by atoms with E-state index < -0.39 is 6.10 Å². The summed E-state index contributed by atoms with van der Waals surface area (Å²) >= 11 is 0. The molecule has 0 spiro atoms. The van der Waals surface area contributed by atoms with Crippen LogP contribution < -0.4 is 5.32 Å². The second-order valence-electron chi connectivity index (χ2n) is 4.74. The van der Waals surface area contributed by atoms with Crippen molar-refractivity contribution in [3.63, 3.8) is 0 Å². The lowest BCUT2D eigenvalue weighted by molar-refractivity contribution is 0.171. The third-order valence-corrected chi connectivity index (χ3v) is 3.30. The summed E-state index contributed by atoms with van der Waals surface area (Å²) in [4.78, 5) is 12.5. The van der Waals surface area contributed by atoms with E-state index in [9.17, 15) is 5.11 Å². The highest BCUT2D eigenvalue weighted by molar-refractivity contribution is 5.85. The average molecular weight is 280 g/mol. The van der Waals surface area contributed by atoms with Crippen LogP contribution in [0.1, 0.15) is 18.1 Å². The van der Waals surface area contributed by atoms with Gasteiger partial charge in [0.25, 0.3) is 0 Å². The van der Waals surface area contributed by atoms with Crippen molar-refractivity contribution in [3.05, 3.63) is 60.6 Å². The molecule has 2 aromatic heterocycles. The lowest BCUT2D eigenvalue weighted by Crippen LogP contribution is -2.09. The smallest absolute Gasteiger partial charge is 0.164 e. The minimum Gasteiger partial charge on any atom is -0.388 e. The molecule has 0 saturated heterocycles. The molecule has 5 nitrogen and oxygen atoms in total. The van der Waals surface area contributed by atoms with E-state index in [1.54, 1.807) is 6.20 Å². The Hall–Kier alpha value is -2.53. The molecule has 0 radical (unpaired) electrons. The van der Waals surface area contributed by atoms with E-state index in [4.69, 9.17) is 0 Å². The fourth-order valence-corrected chi connectivity index (χ4v) is 2.21.